The van der Waals surface area contributed by atoms with Crippen molar-refractivity contribution in [2.45, 2.75) is 65.3 Å². The van der Waals surface area contributed by atoms with Crippen LogP contribution in [-0.4, -0.2) is 63.0 Å². The zero-order valence-electron chi connectivity index (χ0n) is 18.7. The molecule has 0 radical (unpaired) electrons. The van der Waals surface area contributed by atoms with Gasteiger partial charge in [0.2, 0.25) is 0 Å². The third-order valence-electron chi connectivity index (χ3n) is 5.08. The molecule has 0 spiro atoms. The predicted octanol–water partition coefficient (Wildman–Crippen LogP) is 3.17. The monoisotopic (exact) mass is 404 g/mol. The van der Waals surface area contributed by atoms with Gasteiger partial charge < -0.3 is 20.1 Å². The van der Waals surface area contributed by atoms with Crippen LogP contribution in [0.1, 0.15) is 51.2 Å². The number of unbranched alkanes of at least 4 members (excludes halogenated alkanes) is 1. The standard InChI is InChI=1S/C23H40N4O2/c1-5-6-13-28-14-9-12-25-23(24-4)26-15-21-10-7-8-11-22(21)18-27-16-19(2)29-20(3)17-27/h7-8,10-11,19-20H,5-6,9,12-18H2,1-4H3,(H2,24,25,26). The number of nitrogens with one attached hydrogen (secondary N) is 2. The summed E-state index contributed by atoms with van der Waals surface area (Å²) in [5.41, 5.74) is 2.67. The molecule has 0 aliphatic carbocycles. The molecule has 0 amide bonds. The zero-order chi connectivity index (χ0) is 20.9. The van der Waals surface area contributed by atoms with Crippen molar-refractivity contribution in [1.82, 2.24) is 15.5 Å². The van der Waals surface area contributed by atoms with Crippen LogP contribution in [0.3, 0.4) is 0 Å². The SMILES string of the molecule is CCCCOCCCNC(=NC)NCc1ccccc1CN1CC(C)OC(C)C1. The molecule has 0 saturated carbocycles. The fraction of sp³-hybridized carbons (Fsp3) is 0.696. The topological polar surface area (TPSA) is 58.1 Å². The highest BCUT2D eigenvalue weighted by molar-refractivity contribution is 5.79. The molecule has 1 heterocycles. The molecule has 1 aliphatic rings. The summed E-state index contributed by atoms with van der Waals surface area (Å²) in [6.45, 7) is 12.7. The summed E-state index contributed by atoms with van der Waals surface area (Å²) in [6, 6.07) is 8.66. The first-order chi connectivity index (χ1) is 14.1. The van der Waals surface area contributed by atoms with Gasteiger partial charge >= 0.3 is 0 Å². The van der Waals surface area contributed by atoms with Crippen LogP contribution >= 0.6 is 0 Å². The largest absolute Gasteiger partial charge is 0.381 e. The first kappa shape index (κ1) is 23.6. The van der Waals surface area contributed by atoms with Gasteiger partial charge in [0.05, 0.1) is 12.2 Å². The van der Waals surface area contributed by atoms with E-state index in [0.717, 1.165) is 64.7 Å². The van der Waals surface area contributed by atoms with Crippen LogP contribution in [0.5, 0.6) is 0 Å². The van der Waals surface area contributed by atoms with Crippen LogP contribution in [-0.2, 0) is 22.6 Å². The summed E-state index contributed by atoms with van der Waals surface area (Å²) in [5.74, 6) is 0.835. The van der Waals surface area contributed by atoms with Crippen molar-refractivity contribution in [1.29, 1.82) is 0 Å². The molecule has 0 aromatic heterocycles. The maximum atomic E-state index is 5.86. The van der Waals surface area contributed by atoms with Gasteiger partial charge in [0, 0.05) is 53.0 Å². The molecule has 1 fully saturated rings. The van der Waals surface area contributed by atoms with Crippen LogP contribution in [0.15, 0.2) is 29.3 Å². The lowest BCUT2D eigenvalue weighted by Crippen LogP contribution is -2.45. The molecule has 2 unspecified atom stereocenters. The molecule has 164 valence electrons. The molecular formula is C23H40N4O2. The van der Waals surface area contributed by atoms with E-state index >= 15 is 0 Å². The molecule has 2 N–H and O–H groups in total. The van der Waals surface area contributed by atoms with Crippen molar-refractivity contribution in [3.8, 4) is 0 Å². The van der Waals surface area contributed by atoms with Gasteiger partial charge in [-0.3, -0.25) is 9.89 Å². The van der Waals surface area contributed by atoms with Gasteiger partial charge in [-0.2, -0.15) is 0 Å². The Bertz CT molecular complexity index is 598. The minimum atomic E-state index is 0.290. The van der Waals surface area contributed by atoms with Crippen LogP contribution in [0.2, 0.25) is 0 Å². The van der Waals surface area contributed by atoms with E-state index in [2.05, 4.69) is 65.6 Å². The smallest absolute Gasteiger partial charge is 0.191 e. The average Bonchev–Trinajstić information content (AvgIpc) is 2.70. The van der Waals surface area contributed by atoms with Crippen LogP contribution < -0.4 is 10.6 Å². The Labute approximate surface area is 177 Å². The summed E-state index contributed by atoms with van der Waals surface area (Å²) in [6.07, 6.45) is 3.88. The molecular weight excluding hydrogens is 364 g/mol. The van der Waals surface area contributed by atoms with Crippen LogP contribution in [0, 0.1) is 0 Å². The second-order valence-electron chi connectivity index (χ2n) is 7.89. The Hall–Kier alpha value is -1.63. The molecule has 6 heteroatoms. The van der Waals surface area contributed by atoms with Gasteiger partial charge in [-0.05, 0) is 37.8 Å². The Kier molecular flexibility index (Phi) is 11.1. The van der Waals surface area contributed by atoms with Gasteiger partial charge in [0.25, 0.3) is 0 Å². The van der Waals surface area contributed by atoms with Crippen molar-refractivity contribution >= 4 is 5.96 Å². The third-order valence-corrected chi connectivity index (χ3v) is 5.08. The van der Waals surface area contributed by atoms with Gasteiger partial charge in [-0.1, -0.05) is 37.6 Å². The molecule has 1 aromatic rings. The first-order valence-electron chi connectivity index (χ1n) is 11.1. The van der Waals surface area contributed by atoms with Gasteiger partial charge in [0.15, 0.2) is 5.96 Å². The van der Waals surface area contributed by atoms with E-state index in [1.165, 1.54) is 17.5 Å². The minimum absolute atomic E-state index is 0.290. The number of hydrogen-bond donors (Lipinski definition) is 2. The number of aliphatic imine (C=N–C) groups is 1. The molecule has 29 heavy (non-hydrogen) atoms. The second-order valence-corrected chi connectivity index (χ2v) is 7.89. The van der Waals surface area contributed by atoms with Gasteiger partial charge in [0.1, 0.15) is 0 Å². The summed E-state index contributed by atoms with van der Waals surface area (Å²) in [7, 11) is 1.81. The highest BCUT2D eigenvalue weighted by Gasteiger charge is 2.22. The molecule has 6 nitrogen and oxygen atoms in total. The Balaban J connectivity index is 1.77. The van der Waals surface area contributed by atoms with Crippen molar-refractivity contribution in [2.75, 3.05) is 39.9 Å². The third kappa shape index (κ3) is 9.15. The molecule has 1 saturated heterocycles. The number of ether oxygens (including phenoxy) is 2. The Morgan fingerprint density at radius 3 is 2.48 bits per heavy atom. The summed E-state index contributed by atoms with van der Waals surface area (Å²) >= 11 is 0. The average molecular weight is 405 g/mol. The van der Waals surface area contributed by atoms with Crippen molar-refractivity contribution < 1.29 is 9.47 Å². The highest BCUT2D eigenvalue weighted by Crippen LogP contribution is 2.17. The molecule has 1 aromatic carbocycles. The van der Waals surface area contributed by atoms with E-state index in [1.807, 2.05) is 7.05 Å². The lowest BCUT2D eigenvalue weighted by Gasteiger charge is -2.35. The Morgan fingerprint density at radius 1 is 1.10 bits per heavy atom. The molecule has 2 atom stereocenters. The molecule has 1 aliphatic heterocycles. The summed E-state index contributed by atoms with van der Waals surface area (Å²) < 4.78 is 11.5. The van der Waals surface area contributed by atoms with E-state index in [0.29, 0.717) is 0 Å². The van der Waals surface area contributed by atoms with Crippen LogP contribution in [0.4, 0.5) is 0 Å². The highest BCUT2D eigenvalue weighted by atomic mass is 16.5. The lowest BCUT2D eigenvalue weighted by atomic mass is 10.1. The van der Waals surface area contributed by atoms with Crippen LogP contribution in [0.25, 0.3) is 0 Å². The fourth-order valence-corrected chi connectivity index (χ4v) is 3.67. The normalized spacial score (nSPS) is 20.6. The molecule has 0 bridgehead atoms. The second kappa shape index (κ2) is 13.6. The number of benzene rings is 1. The van der Waals surface area contributed by atoms with E-state index in [1.54, 1.807) is 0 Å². The number of guanidine groups is 1. The van der Waals surface area contributed by atoms with Crippen molar-refractivity contribution in [3.63, 3.8) is 0 Å². The van der Waals surface area contributed by atoms with E-state index < -0.39 is 0 Å². The summed E-state index contributed by atoms with van der Waals surface area (Å²) in [5, 5.41) is 6.82. The quantitative estimate of drug-likeness (QED) is 0.337. The van der Waals surface area contributed by atoms with Gasteiger partial charge in [-0.15, -0.1) is 0 Å². The van der Waals surface area contributed by atoms with Gasteiger partial charge in [-0.25, -0.2) is 0 Å². The number of rotatable bonds is 11. The molecule has 2 rings (SSSR count). The maximum Gasteiger partial charge on any atom is 0.191 e. The number of nitrogens with zero attached hydrogens (tertiary/aromatic N) is 2. The number of hydrogen-bond acceptors (Lipinski definition) is 4. The van der Waals surface area contributed by atoms with E-state index in [-0.39, 0.29) is 12.2 Å². The van der Waals surface area contributed by atoms with Crippen molar-refractivity contribution in [2.24, 2.45) is 4.99 Å². The fourth-order valence-electron chi connectivity index (χ4n) is 3.67. The maximum absolute atomic E-state index is 5.86. The minimum Gasteiger partial charge on any atom is -0.381 e. The number of morpholine rings is 1. The zero-order valence-corrected chi connectivity index (χ0v) is 18.7. The van der Waals surface area contributed by atoms with E-state index in [9.17, 15) is 0 Å². The summed E-state index contributed by atoms with van der Waals surface area (Å²) in [4.78, 5) is 6.83. The van der Waals surface area contributed by atoms with Crippen molar-refractivity contribution in [3.05, 3.63) is 35.4 Å². The lowest BCUT2D eigenvalue weighted by molar-refractivity contribution is -0.0705. The predicted molar refractivity (Wildman–Crippen MR) is 120 cm³/mol. The van der Waals surface area contributed by atoms with E-state index in [4.69, 9.17) is 9.47 Å². The Morgan fingerprint density at radius 2 is 1.79 bits per heavy atom. The first-order valence-corrected chi connectivity index (χ1v) is 11.1.